The van der Waals surface area contributed by atoms with E-state index in [-0.39, 0.29) is 12.5 Å². The number of hydrogen-bond acceptors (Lipinski definition) is 3. The van der Waals surface area contributed by atoms with E-state index in [0.29, 0.717) is 26.0 Å². The monoisotopic (exact) mass is 291 g/mol. The Morgan fingerprint density at radius 3 is 2.81 bits per heavy atom. The highest BCUT2D eigenvalue weighted by Crippen LogP contribution is 2.15. The lowest BCUT2D eigenvalue weighted by molar-refractivity contribution is -0.158. The number of carbonyl (C=O) groups is 2. The Hall–Kier alpha value is -1.88. The van der Waals surface area contributed by atoms with Crippen LogP contribution in [-0.4, -0.2) is 47.7 Å². The van der Waals surface area contributed by atoms with Crippen molar-refractivity contribution in [2.24, 2.45) is 0 Å². The van der Waals surface area contributed by atoms with Crippen molar-refractivity contribution in [3.63, 3.8) is 0 Å². The molecule has 0 spiro atoms. The lowest BCUT2D eigenvalue weighted by Crippen LogP contribution is -2.52. The summed E-state index contributed by atoms with van der Waals surface area (Å²) in [6.07, 6.45) is 0.961. The molecule has 114 valence electrons. The normalized spacial score (nSPS) is 18.6. The number of carboxylic acid groups (broad SMARTS) is 1. The average molecular weight is 291 g/mol. The van der Waals surface area contributed by atoms with Gasteiger partial charge >= 0.3 is 5.97 Å². The number of benzene rings is 1. The van der Waals surface area contributed by atoms with E-state index in [1.807, 2.05) is 26.0 Å². The molecule has 5 heteroatoms. The molecule has 1 aliphatic heterocycles. The number of carbonyl (C=O) groups excluding carboxylic acids is 1. The second-order valence-corrected chi connectivity index (χ2v) is 5.45. The van der Waals surface area contributed by atoms with Crippen LogP contribution in [0, 0.1) is 13.8 Å². The summed E-state index contributed by atoms with van der Waals surface area (Å²) < 4.78 is 5.14. The van der Waals surface area contributed by atoms with Gasteiger partial charge in [-0.2, -0.15) is 0 Å². The maximum Gasteiger partial charge on any atom is 0.328 e. The van der Waals surface area contributed by atoms with Crippen LogP contribution in [-0.2, 0) is 20.7 Å². The standard InChI is InChI=1S/C16H21NO4/c1-11-3-4-13(12(2)9-11)5-6-15(18)17-7-8-21-10-14(17)16(19)20/h3-4,9,14H,5-8,10H2,1-2H3,(H,19,20)/t14-/m0/s1. The second-order valence-electron chi connectivity index (χ2n) is 5.45. The van der Waals surface area contributed by atoms with Gasteiger partial charge in [-0.15, -0.1) is 0 Å². The Labute approximate surface area is 124 Å². The van der Waals surface area contributed by atoms with Gasteiger partial charge < -0.3 is 14.7 Å². The van der Waals surface area contributed by atoms with E-state index in [1.165, 1.54) is 16.0 Å². The highest BCUT2D eigenvalue weighted by molar-refractivity contribution is 5.84. The number of hydrogen-bond donors (Lipinski definition) is 1. The van der Waals surface area contributed by atoms with Crippen molar-refractivity contribution in [3.05, 3.63) is 34.9 Å². The predicted octanol–water partition coefficient (Wildman–Crippen LogP) is 1.55. The van der Waals surface area contributed by atoms with Crippen LogP contribution < -0.4 is 0 Å². The van der Waals surface area contributed by atoms with Crippen molar-refractivity contribution in [3.8, 4) is 0 Å². The molecule has 1 amide bonds. The fourth-order valence-corrected chi connectivity index (χ4v) is 2.62. The van der Waals surface area contributed by atoms with Gasteiger partial charge in [0.15, 0.2) is 6.04 Å². The quantitative estimate of drug-likeness (QED) is 0.914. The summed E-state index contributed by atoms with van der Waals surface area (Å²) in [6.45, 7) is 4.89. The van der Waals surface area contributed by atoms with Crippen LogP contribution in [0.15, 0.2) is 18.2 Å². The van der Waals surface area contributed by atoms with Crippen molar-refractivity contribution in [2.75, 3.05) is 19.8 Å². The Balaban J connectivity index is 1.98. The largest absolute Gasteiger partial charge is 0.480 e. The molecule has 1 heterocycles. The molecule has 1 atom stereocenters. The molecule has 1 aliphatic rings. The minimum atomic E-state index is -1.01. The highest BCUT2D eigenvalue weighted by Gasteiger charge is 2.32. The summed E-state index contributed by atoms with van der Waals surface area (Å²) in [7, 11) is 0. The molecule has 1 fully saturated rings. The molecule has 1 N–H and O–H groups in total. The molecule has 0 unspecified atom stereocenters. The van der Waals surface area contributed by atoms with Crippen molar-refractivity contribution >= 4 is 11.9 Å². The Morgan fingerprint density at radius 2 is 2.14 bits per heavy atom. The van der Waals surface area contributed by atoms with Gasteiger partial charge in [0.05, 0.1) is 13.2 Å². The second kappa shape index (κ2) is 6.72. The number of aliphatic carboxylic acids is 1. The molecular formula is C16H21NO4. The van der Waals surface area contributed by atoms with E-state index in [2.05, 4.69) is 6.07 Å². The maximum absolute atomic E-state index is 12.3. The van der Waals surface area contributed by atoms with Crippen molar-refractivity contribution < 1.29 is 19.4 Å². The summed E-state index contributed by atoms with van der Waals surface area (Å²) >= 11 is 0. The van der Waals surface area contributed by atoms with Crippen LogP contribution in [0.25, 0.3) is 0 Å². The van der Waals surface area contributed by atoms with Crippen molar-refractivity contribution in [1.29, 1.82) is 0 Å². The fourth-order valence-electron chi connectivity index (χ4n) is 2.62. The van der Waals surface area contributed by atoms with Gasteiger partial charge in [-0.3, -0.25) is 4.79 Å². The highest BCUT2D eigenvalue weighted by atomic mass is 16.5. The van der Waals surface area contributed by atoms with Gasteiger partial charge in [-0.1, -0.05) is 23.8 Å². The molecule has 0 saturated carbocycles. The Morgan fingerprint density at radius 1 is 1.38 bits per heavy atom. The first-order valence-electron chi connectivity index (χ1n) is 7.15. The van der Waals surface area contributed by atoms with E-state index < -0.39 is 12.0 Å². The summed E-state index contributed by atoms with van der Waals surface area (Å²) in [5, 5.41) is 9.14. The number of amides is 1. The van der Waals surface area contributed by atoms with Crippen LogP contribution in [0.2, 0.25) is 0 Å². The molecule has 1 aromatic carbocycles. The smallest absolute Gasteiger partial charge is 0.328 e. The first kappa shape index (κ1) is 15.5. The number of ether oxygens (including phenoxy) is 1. The Kier molecular flexibility index (Phi) is 4.96. The number of aryl methyl sites for hydroxylation is 3. The molecule has 21 heavy (non-hydrogen) atoms. The third-order valence-electron chi connectivity index (χ3n) is 3.84. The van der Waals surface area contributed by atoms with Gasteiger partial charge in [-0.05, 0) is 31.4 Å². The minimum absolute atomic E-state index is 0.0740. The van der Waals surface area contributed by atoms with Crippen LogP contribution in [0.1, 0.15) is 23.1 Å². The summed E-state index contributed by atoms with van der Waals surface area (Å²) in [5.41, 5.74) is 3.50. The average Bonchev–Trinajstić information content (AvgIpc) is 2.46. The fraction of sp³-hybridized carbons (Fsp3) is 0.500. The molecule has 0 bridgehead atoms. The van der Waals surface area contributed by atoms with Gasteiger partial charge in [0, 0.05) is 13.0 Å². The van der Waals surface area contributed by atoms with Gasteiger partial charge in [0.1, 0.15) is 0 Å². The molecule has 2 rings (SSSR count). The zero-order chi connectivity index (χ0) is 15.4. The van der Waals surface area contributed by atoms with Gasteiger partial charge in [0.2, 0.25) is 5.91 Å². The third kappa shape index (κ3) is 3.82. The number of morpholine rings is 1. The first-order chi connectivity index (χ1) is 9.99. The molecule has 0 radical (unpaired) electrons. The zero-order valence-electron chi connectivity index (χ0n) is 12.5. The SMILES string of the molecule is Cc1ccc(CCC(=O)N2CCOC[C@H]2C(=O)O)c(C)c1. The Bertz CT molecular complexity index is 541. The molecule has 0 aliphatic carbocycles. The summed E-state index contributed by atoms with van der Waals surface area (Å²) in [5.74, 6) is -1.12. The third-order valence-corrected chi connectivity index (χ3v) is 3.84. The van der Waals surface area contributed by atoms with Crippen LogP contribution in [0.3, 0.4) is 0 Å². The van der Waals surface area contributed by atoms with E-state index in [4.69, 9.17) is 9.84 Å². The van der Waals surface area contributed by atoms with Crippen molar-refractivity contribution in [2.45, 2.75) is 32.7 Å². The van der Waals surface area contributed by atoms with Crippen LogP contribution >= 0.6 is 0 Å². The first-order valence-corrected chi connectivity index (χ1v) is 7.15. The molecule has 5 nitrogen and oxygen atoms in total. The minimum Gasteiger partial charge on any atom is -0.480 e. The van der Waals surface area contributed by atoms with Gasteiger partial charge in [0.25, 0.3) is 0 Å². The molecule has 1 aromatic rings. The van der Waals surface area contributed by atoms with E-state index in [0.717, 1.165) is 5.56 Å². The lowest BCUT2D eigenvalue weighted by atomic mass is 10.0. The summed E-state index contributed by atoms with van der Waals surface area (Å²) in [6, 6.07) is 5.30. The number of carboxylic acids is 1. The van der Waals surface area contributed by atoms with E-state index in [1.54, 1.807) is 0 Å². The molecule has 0 aromatic heterocycles. The lowest BCUT2D eigenvalue weighted by Gasteiger charge is -2.33. The molecular weight excluding hydrogens is 270 g/mol. The number of nitrogens with zero attached hydrogens (tertiary/aromatic N) is 1. The molecule has 1 saturated heterocycles. The predicted molar refractivity (Wildman–Crippen MR) is 78.2 cm³/mol. The zero-order valence-corrected chi connectivity index (χ0v) is 12.5. The van der Waals surface area contributed by atoms with Crippen molar-refractivity contribution in [1.82, 2.24) is 4.90 Å². The topological polar surface area (TPSA) is 66.8 Å². The van der Waals surface area contributed by atoms with Crippen LogP contribution in [0.5, 0.6) is 0 Å². The number of rotatable bonds is 4. The van der Waals surface area contributed by atoms with E-state index in [9.17, 15) is 9.59 Å². The summed E-state index contributed by atoms with van der Waals surface area (Å²) in [4.78, 5) is 24.9. The van der Waals surface area contributed by atoms with Crippen LogP contribution in [0.4, 0.5) is 0 Å². The maximum atomic E-state index is 12.3. The van der Waals surface area contributed by atoms with E-state index >= 15 is 0 Å². The van der Waals surface area contributed by atoms with Gasteiger partial charge in [-0.25, -0.2) is 4.79 Å².